The molecular weight excluding hydrogens is 181 g/mol. The van der Waals surface area contributed by atoms with Crippen LogP contribution in [0.3, 0.4) is 0 Å². The van der Waals surface area contributed by atoms with E-state index in [-0.39, 0.29) is 6.42 Å². The number of aliphatic hydroxyl groups excluding tert-OH is 1. The van der Waals surface area contributed by atoms with E-state index in [2.05, 4.69) is 6.58 Å². The summed E-state index contributed by atoms with van der Waals surface area (Å²) in [5.74, 6) is -2.02. The summed E-state index contributed by atoms with van der Waals surface area (Å²) in [5.41, 5.74) is 0.819. The van der Waals surface area contributed by atoms with Gasteiger partial charge in [-0.25, -0.2) is 0 Å². The number of aliphatic hydroxyl groups is 1. The molecule has 13 heavy (non-hydrogen) atoms. The normalized spacial score (nSPS) is 30.6. The van der Waals surface area contributed by atoms with E-state index < -0.39 is 24.6 Å². The number of halogens is 3. The van der Waals surface area contributed by atoms with Crippen LogP contribution in [0.4, 0.5) is 13.2 Å². The summed E-state index contributed by atoms with van der Waals surface area (Å²) < 4.78 is 37.1. The van der Waals surface area contributed by atoms with Gasteiger partial charge < -0.3 is 5.11 Å². The van der Waals surface area contributed by atoms with Crippen molar-refractivity contribution in [3.05, 3.63) is 12.2 Å². The van der Waals surface area contributed by atoms with Gasteiger partial charge in [-0.3, -0.25) is 0 Å². The maximum atomic E-state index is 12.4. The average molecular weight is 194 g/mol. The Labute approximate surface area is 75.3 Å². The van der Waals surface area contributed by atoms with Gasteiger partial charge in [-0.05, 0) is 25.2 Å². The second-order valence-electron chi connectivity index (χ2n) is 3.58. The average Bonchev–Trinajstić information content (AvgIpc) is 2.01. The van der Waals surface area contributed by atoms with E-state index in [1.807, 2.05) is 0 Å². The lowest BCUT2D eigenvalue weighted by Crippen LogP contribution is -2.35. The molecule has 0 amide bonds. The molecule has 0 aromatic heterocycles. The summed E-state index contributed by atoms with van der Waals surface area (Å²) in [4.78, 5) is 0. The molecular formula is C9H13F3O. The minimum atomic E-state index is -4.17. The van der Waals surface area contributed by atoms with Crippen molar-refractivity contribution in [1.82, 2.24) is 0 Å². The van der Waals surface area contributed by atoms with Crippen molar-refractivity contribution in [3.63, 3.8) is 0 Å². The lowest BCUT2D eigenvalue weighted by atomic mass is 9.77. The van der Waals surface area contributed by atoms with Gasteiger partial charge in [0.25, 0.3) is 0 Å². The molecule has 2 unspecified atom stereocenters. The van der Waals surface area contributed by atoms with E-state index in [0.717, 1.165) is 5.57 Å². The zero-order chi connectivity index (χ0) is 10.1. The van der Waals surface area contributed by atoms with Crippen molar-refractivity contribution in [2.75, 3.05) is 6.61 Å². The predicted molar refractivity (Wildman–Crippen MR) is 43.1 cm³/mol. The van der Waals surface area contributed by atoms with Gasteiger partial charge >= 0.3 is 6.18 Å². The number of hydrogen-bond acceptors (Lipinski definition) is 1. The molecule has 4 heteroatoms. The predicted octanol–water partition coefficient (Wildman–Crippen LogP) is 2.51. The van der Waals surface area contributed by atoms with E-state index in [1.165, 1.54) is 0 Å². The molecule has 0 aliphatic heterocycles. The van der Waals surface area contributed by atoms with Gasteiger partial charge in [-0.2, -0.15) is 13.2 Å². The Morgan fingerprint density at radius 1 is 1.46 bits per heavy atom. The fraction of sp³-hybridized carbons (Fsp3) is 0.778. The third-order valence-corrected chi connectivity index (χ3v) is 2.58. The van der Waals surface area contributed by atoms with Crippen LogP contribution in [0.25, 0.3) is 0 Å². The summed E-state index contributed by atoms with van der Waals surface area (Å²) in [6.07, 6.45) is -3.36. The monoisotopic (exact) mass is 194 g/mol. The first-order chi connectivity index (χ1) is 5.95. The number of hydrogen-bond donors (Lipinski definition) is 1. The molecule has 0 aromatic carbocycles. The minimum Gasteiger partial charge on any atom is -0.396 e. The number of rotatable bonds is 1. The van der Waals surface area contributed by atoms with E-state index in [0.29, 0.717) is 12.8 Å². The smallest absolute Gasteiger partial charge is 0.392 e. The molecule has 1 nitrogen and oxygen atoms in total. The van der Waals surface area contributed by atoms with Gasteiger partial charge in [0.15, 0.2) is 0 Å². The number of allylic oxidation sites excluding steroid dienone is 1. The van der Waals surface area contributed by atoms with Crippen LogP contribution >= 0.6 is 0 Å². The molecule has 0 aromatic rings. The van der Waals surface area contributed by atoms with Crippen molar-refractivity contribution in [2.45, 2.75) is 25.4 Å². The second kappa shape index (κ2) is 3.70. The SMILES string of the molecule is C=C1CCC(C(F)(F)F)C(CO)C1. The third-order valence-electron chi connectivity index (χ3n) is 2.58. The summed E-state index contributed by atoms with van der Waals surface area (Å²) in [5, 5.41) is 8.80. The van der Waals surface area contributed by atoms with Crippen LogP contribution in [0.2, 0.25) is 0 Å². The highest BCUT2D eigenvalue weighted by Gasteiger charge is 2.45. The highest BCUT2D eigenvalue weighted by Crippen LogP contribution is 2.42. The van der Waals surface area contributed by atoms with E-state index in [9.17, 15) is 13.2 Å². The van der Waals surface area contributed by atoms with Gasteiger partial charge in [-0.15, -0.1) is 0 Å². The van der Waals surface area contributed by atoms with Crippen molar-refractivity contribution in [1.29, 1.82) is 0 Å². The zero-order valence-corrected chi connectivity index (χ0v) is 7.27. The largest absolute Gasteiger partial charge is 0.396 e. The van der Waals surface area contributed by atoms with Crippen LogP contribution in [-0.2, 0) is 0 Å². The number of alkyl halides is 3. The molecule has 2 atom stereocenters. The van der Waals surface area contributed by atoms with Gasteiger partial charge in [-0.1, -0.05) is 12.2 Å². The molecule has 1 saturated carbocycles. The molecule has 1 aliphatic carbocycles. The molecule has 0 spiro atoms. The topological polar surface area (TPSA) is 20.2 Å². The molecule has 1 N–H and O–H groups in total. The fourth-order valence-electron chi connectivity index (χ4n) is 1.83. The fourth-order valence-corrected chi connectivity index (χ4v) is 1.83. The summed E-state index contributed by atoms with van der Waals surface area (Å²) >= 11 is 0. The second-order valence-corrected chi connectivity index (χ2v) is 3.58. The molecule has 76 valence electrons. The summed E-state index contributed by atoms with van der Waals surface area (Å²) in [6, 6.07) is 0. The maximum absolute atomic E-state index is 12.4. The highest BCUT2D eigenvalue weighted by atomic mass is 19.4. The third kappa shape index (κ3) is 2.46. The molecule has 0 bridgehead atoms. The minimum absolute atomic E-state index is 0.0769. The summed E-state index contributed by atoms with van der Waals surface area (Å²) in [6.45, 7) is 3.25. The molecule has 1 rings (SSSR count). The van der Waals surface area contributed by atoms with Crippen LogP contribution in [0, 0.1) is 11.8 Å². The van der Waals surface area contributed by atoms with Gasteiger partial charge in [0, 0.05) is 6.61 Å². The van der Waals surface area contributed by atoms with Crippen LogP contribution in [-0.4, -0.2) is 17.9 Å². The lowest BCUT2D eigenvalue weighted by molar-refractivity contribution is -0.196. The first-order valence-electron chi connectivity index (χ1n) is 4.29. The lowest BCUT2D eigenvalue weighted by Gasteiger charge is -2.32. The van der Waals surface area contributed by atoms with Crippen LogP contribution < -0.4 is 0 Å². The van der Waals surface area contributed by atoms with Gasteiger partial charge in [0.1, 0.15) is 0 Å². The first kappa shape index (κ1) is 10.6. The van der Waals surface area contributed by atoms with E-state index in [1.54, 1.807) is 0 Å². The molecule has 0 radical (unpaired) electrons. The maximum Gasteiger partial charge on any atom is 0.392 e. The van der Waals surface area contributed by atoms with Crippen LogP contribution in [0.1, 0.15) is 19.3 Å². The Morgan fingerprint density at radius 2 is 2.08 bits per heavy atom. The van der Waals surface area contributed by atoms with Crippen molar-refractivity contribution >= 4 is 0 Å². The van der Waals surface area contributed by atoms with E-state index in [4.69, 9.17) is 5.11 Å². The Balaban J connectivity index is 2.68. The molecule has 0 heterocycles. The highest BCUT2D eigenvalue weighted by molar-refractivity contribution is 5.02. The van der Waals surface area contributed by atoms with E-state index >= 15 is 0 Å². The van der Waals surface area contributed by atoms with Crippen molar-refractivity contribution in [3.8, 4) is 0 Å². The molecule has 1 aliphatic rings. The first-order valence-corrected chi connectivity index (χ1v) is 4.29. The molecule has 0 saturated heterocycles. The molecule has 1 fully saturated rings. The standard InChI is InChI=1S/C9H13F3O/c1-6-2-3-8(9(10,11)12)7(4-6)5-13/h7-8,13H,1-5H2. The van der Waals surface area contributed by atoms with Crippen LogP contribution in [0.15, 0.2) is 12.2 Å². The van der Waals surface area contributed by atoms with Crippen molar-refractivity contribution in [2.24, 2.45) is 11.8 Å². The Bertz CT molecular complexity index is 198. The van der Waals surface area contributed by atoms with Crippen LogP contribution in [0.5, 0.6) is 0 Å². The Kier molecular flexibility index (Phi) is 3.01. The Hall–Kier alpha value is -0.510. The van der Waals surface area contributed by atoms with Gasteiger partial charge in [0.2, 0.25) is 0 Å². The van der Waals surface area contributed by atoms with Crippen molar-refractivity contribution < 1.29 is 18.3 Å². The van der Waals surface area contributed by atoms with Gasteiger partial charge in [0.05, 0.1) is 5.92 Å². The summed E-state index contributed by atoms with van der Waals surface area (Å²) in [7, 11) is 0. The Morgan fingerprint density at radius 3 is 2.54 bits per heavy atom. The quantitative estimate of drug-likeness (QED) is 0.636. The zero-order valence-electron chi connectivity index (χ0n) is 7.27.